The van der Waals surface area contributed by atoms with Crippen molar-refractivity contribution >= 4 is 5.91 Å². The molecule has 1 unspecified atom stereocenters. The second kappa shape index (κ2) is 5.99. The van der Waals surface area contributed by atoms with Crippen LogP contribution in [0.5, 0.6) is 0 Å². The summed E-state index contributed by atoms with van der Waals surface area (Å²) in [4.78, 5) is 12.0. The minimum atomic E-state index is -0.783. The second-order valence-electron chi connectivity index (χ2n) is 4.84. The molecule has 1 N–H and O–H groups in total. The van der Waals surface area contributed by atoms with Gasteiger partial charge in [-0.3, -0.25) is 4.79 Å². The molecule has 2 aromatic rings. The van der Waals surface area contributed by atoms with E-state index >= 15 is 0 Å². The van der Waals surface area contributed by atoms with Crippen LogP contribution in [-0.2, 0) is 0 Å². The van der Waals surface area contributed by atoms with Gasteiger partial charge < -0.3 is 5.32 Å². The molecule has 0 saturated heterocycles. The van der Waals surface area contributed by atoms with Crippen molar-refractivity contribution in [3.05, 3.63) is 70.5 Å². The number of halogens is 3. The van der Waals surface area contributed by atoms with Crippen LogP contribution in [0.25, 0.3) is 0 Å². The largest absolute Gasteiger partial charge is 0.345 e. The van der Waals surface area contributed by atoms with Crippen LogP contribution in [-0.4, -0.2) is 5.91 Å². The van der Waals surface area contributed by atoms with Crippen LogP contribution < -0.4 is 5.32 Å². The zero-order valence-corrected chi connectivity index (χ0v) is 11.6. The average Bonchev–Trinajstić information content (AvgIpc) is 2.41. The summed E-state index contributed by atoms with van der Waals surface area (Å²) in [7, 11) is 0. The van der Waals surface area contributed by atoms with Gasteiger partial charge in [0.05, 0.1) is 11.6 Å². The summed E-state index contributed by atoms with van der Waals surface area (Å²) in [5.74, 6) is -2.56. The number of aryl methyl sites for hydroxylation is 1. The summed E-state index contributed by atoms with van der Waals surface area (Å²) >= 11 is 0. The van der Waals surface area contributed by atoms with Crippen molar-refractivity contribution in [2.24, 2.45) is 0 Å². The Hall–Kier alpha value is -2.30. The average molecular weight is 293 g/mol. The third-order valence-electron chi connectivity index (χ3n) is 3.14. The van der Waals surface area contributed by atoms with Gasteiger partial charge in [-0.05, 0) is 49.7 Å². The van der Waals surface area contributed by atoms with E-state index in [1.807, 2.05) is 0 Å². The Bertz CT molecular complexity index is 685. The van der Waals surface area contributed by atoms with E-state index in [0.29, 0.717) is 5.56 Å². The van der Waals surface area contributed by atoms with Crippen molar-refractivity contribution in [3.8, 4) is 0 Å². The standard InChI is InChI=1S/C16H14F3NO/c1-9-3-5-12(15(19)7-9)16(21)20-10(2)13-8-11(17)4-6-14(13)18/h3-8,10H,1-2H3,(H,20,21). The zero-order chi connectivity index (χ0) is 15.6. The van der Waals surface area contributed by atoms with Crippen molar-refractivity contribution in [1.82, 2.24) is 5.32 Å². The van der Waals surface area contributed by atoms with Gasteiger partial charge in [0.15, 0.2) is 0 Å². The van der Waals surface area contributed by atoms with E-state index in [-0.39, 0.29) is 11.1 Å². The lowest BCUT2D eigenvalue weighted by molar-refractivity contribution is 0.0935. The van der Waals surface area contributed by atoms with Crippen molar-refractivity contribution in [2.75, 3.05) is 0 Å². The Morgan fingerprint density at radius 1 is 1.05 bits per heavy atom. The summed E-state index contributed by atoms with van der Waals surface area (Å²) in [6, 6.07) is 6.40. The predicted octanol–water partition coefficient (Wildman–Crippen LogP) is 3.90. The van der Waals surface area contributed by atoms with Gasteiger partial charge in [0.25, 0.3) is 5.91 Å². The summed E-state index contributed by atoms with van der Waals surface area (Å²) in [5.41, 5.74) is 0.563. The number of hydrogen-bond donors (Lipinski definition) is 1. The molecular weight excluding hydrogens is 279 g/mol. The molecule has 0 bridgehead atoms. The highest BCUT2D eigenvalue weighted by molar-refractivity contribution is 5.94. The van der Waals surface area contributed by atoms with Crippen LogP contribution in [0.4, 0.5) is 13.2 Å². The van der Waals surface area contributed by atoms with E-state index in [0.717, 1.165) is 18.2 Å². The number of amides is 1. The van der Waals surface area contributed by atoms with Crippen LogP contribution in [0, 0.1) is 24.4 Å². The van der Waals surface area contributed by atoms with Crippen molar-refractivity contribution < 1.29 is 18.0 Å². The molecule has 0 spiro atoms. The maximum absolute atomic E-state index is 13.7. The van der Waals surface area contributed by atoms with E-state index < -0.39 is 29.4 Å². The molecule has 2 rings (SSSR count). The first kappa shape index (κ1) is 15.1. The number of carbonyl (C=O) groups is 1. The normalized spacial score (nSPS) is 12.0. The highest BCUT2D eigenvalue weighted by Gasteiger charge is 2.17. The van der Waals surface area contributed by atoms with Crippen LogP contribution in [0.15, 0.2) is 36.4 Å². The van der Waals surface area contributed by atoms with Gasteiger partial charge in [0, 0.05) is 5.56 Å². The SMILES string of the molecule is Cc1ccc(C(=O)NC(C)c2cc(F)ccc2F)c(F)c1. The highest BCUT2D eigenvalue weighted by Crippen LogP contribution is 2.19. The van der Waals surface area contributed by atoms with Crippen LogP contribution in [0.1, 0.15) is 34.5 Å². The van der Waals surface area contributed by atoms with Gasteiger partial charge in [-0.25, -0.2) is 13.2 Å². The van der Waals surface area contributed by atoms with Crippen LogP contribution in [0.2, 0.25) is 0 Å². The number of carbonyl (C=O) groups excluding carboxylic acids is 1. The Labute approximate surface area is 120 Å². The van der Waals surface area contributed by atoms with Gasteiger partial charge in [-0.1, -0.05) is 6.07 Å². The van der Waals surface area contributed by atoms with Gasteiger partial charge in [-0.2, -0.15) is 0 Å². The van der Waals surface area contributed by atoms with E-state index in [1.165, 1.54) is 19.1 Å². The molecule has 1 atom stereocenters. The lowest BCUT2D eigenvalue weighted by atomic mass is 10.1. The lowest BCUT2D eigenvalue weighted by Gasteiger charge is -2.15. The molecule has 5 heteroatoms. The topological polar surface area (TPSA) is 29.1 Å². The number of rotatable bonds is 3. The molecule has 110 valence electrons. The predicted molar refractivity (Wildman–Crippen MR) is 73.4 cm³/mol. The first-order chi connectivity index (χ1) is 9.88. The molecule has 0 saturated carbocycles. The Kier molecular flexibility index (Phi) is 4.31. The molecule has 21 heavy (non-hydrogen) atoms. The van der Waals surface area contributed by atoms with Crippen LogP contribution in [0.3, 0.4) is 0 Å². The van der Waals surface area contributed by atoms with E-state index in [4.69, 9.17) is 0 Å². The Balaban J connectivity index is 2.20. The van der Waals surface area contributed by atoms with Gasteiger partial charge >= 0.3 is 0 Å². The van der Waals surface area contributed by atoms with Gasteiger partial charge in [0.2, 0.25) is 0 Å². The van der Waals surface area contributed by atoms with E-state index in [2.05, 4.69) is 5.32 Å². The van der Waals surface area contributed by atoms with Gasteiger partial charge in [0.1, 0.15) is 17.5 Å². The number of nitrogens with one attached hydrogen (secondary N) is 1. The molecule has 2 aromatic carbocycles. The van der Waals surface area contributed by atoms with Gasteiger partial charge in [-0.15, -0.1) is 0 Å². The molecule has 0 aliphatic rings. The summed E-state index contributed by atoms with van der Waals surface area (Å²) in [6.45, 7) is 3.21. The molecule has 0 aromatic heterocycles. The third-order valence-corrected chi connectivity index (χ3v) is 3.14. The molecule has 1 amide bonds. The zero-order valence-electron chi connectivity index (χ0n) is 11.6. The minimum Gasteiger partial charge on any atom is -0.345 e. The Morgan fingerprint density at radius 2 is 1.76 bits per heavy atom. The molecule has 0 aliphatic heterocycles. The first-order valence-corrected chi connectivity index (χ1v) is 6.40. The fourth-order valence-corrected chi connectivity index (χ4v) is 2.00. The molecular formula is C16H14F3NO. The van der Waals surface area contributed by atoms with E-state index in [9.17, 15) is 18.0 Å². The van der Waals surface area contributed by atoms with E-state index in [1.54, 1.807) is 13.0 Å². The monoisotopic (exact) mass is 293 g/mol. The first-order valence-electron chi connectivity index (χ1n) is 6.40. The maximum Gasteiger partial charge on any atom is 0.254 e. The lowest BCUT2D eigenvalue weighted by Crippen LogP contribution is -2.28. The molecule has 0 fully saturated rings. The van der Waals surface area contributed by atoms with Crippen LogP contribution >= 0.6 is 0 Å². The Morgan fingerprint density at radius 3 is 2.43 bits per heavy atom. The summed E-state index contributed by atoms with van der Waals surface area (Å²) in [6.07, 6.45) is 0. The fraction of sp³-hybridized carbons (Fsp3) is 0.188. The molecule has 2 nitrogen and oxygen atoms in total. The summed E-state index contributed by atoms with van der Waals surface area (Å²) < 4.78 is 40.5. The quantitative estimate of drug-likeness (QED) is 0.913. The third kappa shape index (κ3) is 3.42. The maximum atomic E-state index is 13.7. The smallest absolute Gasteiger partial charge is 0.254 e. The van der Waals surface area contributed by atoms with Crippen molar-refractivity contribution in [1.29, 1.82) is 0 Å². The number of hydrogen-bond acceptors (Lipinski definition) is 1. The highest BCUT2D eigenvalue weighted by atomic mass is 19.1. The fourth-order valence-electron chi connectivity index (χ4n) is 2.00. The molecule has 0 aliphatic carbocycles. The number of benzene rings is 2. The minimum absolute atomic E-state index is 0.0101. The molecule has 0 heterocycles. The second-order valence-corrected chi connectivity index (χ2v) is 4.84. The van der Waals surface area contributed by atoms with Crippen molar-refractivity contribution in [2.45, 2.75) is 19.9 Å². The van der Waals surface area contributed by atoms with Crippen molar-refractivity contribution in [3.63, 3.8) is 0 Å². The summed E-state index contributed by atoms with van der Waals surface area (Å²) in [5, 5.41) is 2.46. The molecule has 0 radical (unpaired) electrons.